The number of carbonyl (C=O) groups excluding carboxylic acids is 3. The summed E-state index contributed by atoms with van der Waals surface area (Å²) in [7, 11) is 0. The second kappa shape index (κ2) is 9.59. The number of fused-ring (bicyclic) bond motifs is 1. The van der Waals surface area contributed by atoms with Crippen LogP contribution in [-0.2, 0) is 9.59 Å². The van der Waals surface area contributed by atoms with Crippen LogP contribution in [0.25, 0.3) is 0 Å². The van der Waals surface area contributed by atoms with Crippen molar-refractivity contribution < 1.29 is 19.1 Å². The van der Waals surface area contributed by atoms with Crippen LogP contribution in [0.2, 0.25) is 0 Å². The Morgan fingerprint density at radius 2 is 1.82 bits per heavy atom. The van der Waals surface area contributed by atoms with E-state index in [4.69, 9.17) is 4.74 Å². The van der Waals surface area contributed by atoms with Gasteiger partial charge in [0.25, 0.3) is 11.8 Å². The molecule has 0 aromatic heterocycles. The van der Waals surface area contributed by atoms with Crippen LogP contribution in [0.5, 0.6) is 5.75 Å². The summed E-state index contributed by atoms with van der Waals surface area (Å²) in [4.78, 5) is 42.9. The van der Waals surface area contributed by atoms with Crippen molar-refractivity contribution in [3.05, 3.63) is 23.3 Å². The Bertz CT molecular complexity index is 961. The number of nitrogens with zero attached hydrogens (tertiary/aromatic N) is 2. The van der Waals surface area contributed by atoms with Crippen LogP contribution in [-0.4, -0.2) is 53.4 Å². The molecule has 3 aliphatic rings. The number of hydrogen-bond donors (Lipinski definition) is 1. The van der Waals surface area contributed by atoms with Crippen molar-refractivity contribution in [1.29, 1.82) is 0 Å². The van der Waals surface area contributed by atoms with Crippen LogP contribution < -0.4 is 15.0 Å². The number of nitrogens with one attached hydrogen (secondary N) is 1. The summed E-state index contributed by atoms with van der Waals surface area (Å²) in [5, 5.41) is 2.95. The fourth-order valence-corrected chi connectivity index (χ4v) is 5.27. The average Bonchev–Trinajstić information content (AvgIpc) is 3.62. The number of ether oxygens (including phenoxy) is 1. The van der Waals surface area contributed by atoms with E-state index in [1.165, 1.54) is 6.42 Å². The first kappa shape index (κ1) is 24.6. The molecule has 2 aliphatic carbocycles. The van der Waals surface area contributed by atoms with Crippen molar-refractivity contribution in [3.8, 4) is 5.75 Å². The van der Waals surface area contributed by atoms with Gasteiger partial charge in [0.05, 0.1) is 5.69 Å². The van der Waals surface area contributed by atoms with Gasteiger partial charge in [-0.15, -0.1) is 0 Å². The molecule has 2 fully saturated rings. The Hall–Kier alpha value is -2.57. The molecule has 1 aliphatic heterocycles. The molecule has 1 aromatic rings. The zero-order valence-electron chi connectivity index (χ0n) is 21.3. The van der Waals surface area contributed by atoms with Gasteiger partial charge in [-0.1, -0.05) is 19.3 Å². The first-order valence-electron chi connectivity index (χ1n) is 12.9. The molecule has 34 heavy (non-hydrogen) atoms. The lowest BCUT2D eigenvalue weighted by Gasteiger charge is -2.40. The number of aryl methyl sites for hydroxylation is 1. The van der Waals surface area contributed by atoms with Gasteiger partial charge in [-0.25, -0.2) is 0 Å². The average molecular weight is 470 g/mol. The largest absolute Gasteiger partial charge is 0.476 e. The lowest BCUT2D eigenvalue weighted by Crippen LogP contribution is -2.54. The summed E-state index contributed by atoms with van der Waals surface area (Å²) in [6.07, 6.45) is 7.50. The van der Waals surface area contributed by atoms with E-state index in [9.17, 15) is 14.4 Å². The summed E-state index contributed by atoms with van der Waals surface area (Å²) in [5.41, 5.74) is 1.04. The van der Waals surface area contributed by atoms with Crippen molar-refractivity contribution in [2.75, 3.05) is 18.0 Å². The van der Waals surface area contributed by atoms with E-state index in [-0.39, 0.29) is 35.7 Å². The summed E-state index contributed by atoms with van der Waals surface area (Å²) >= 11 is 0. The van der Waals surface area contributed by atoms with Gasteiger partial charge < -0.3 is 19.9 Å². The van der Waals surface area contributed by atoms with Crippen molar-refractivity contribution in [2.45, 2.75) is 97.2 Å². The highest BCUT2D eigenvalue weighted by atomic mass is 16.5. The first-order chi connectivity index (χ1) is 16.1. The molecule has 1 N–H and O–H groups in total. The highest BCUT2D eigenvalue weighted by Gasteiger charge is 2.42. The predicted octanol–water partition coefficient (Wildman–Crippen LogP) is 4.21. The van der Waals surface area contributed by atoms with E-state index < -0.39 is 5.60 Å². The molecule has 7 nitrogen and oxygen atoms in total. The minimum atomic E-state index is -1.02. The Morgan fingerprint density at radius 1 is 1.15 bits per heavy atom. The van der Waals surface area contributed by atoms with Gasteiger partial charge in [-0.2, -0.15) is 0 Å². The molecule has 0 unspecified atom stereocenters. The third-order valence-electron chi connectivity index (χ3n) is 7.29. The molecule has 0 atom stereocenters. The molecule has 0 spiro atoms. The van der Waals surface area contributed by atoms with Crippen molar-refractivity contribution in [2.24, 2.45) is 5.92 Å². The smallest absolute Gasteiger partial charge is 0.270 e. The van der Waals surface area contributed by atoms with E-state index in [0.717, 1.165) is 44.1 Å². The first-order valence-corrected chi connectivity index (χ1v) is 12.9. The van der Waals surface area contributed by atoms with Crippen LogP contribution >= 0.6 is 0 Å². The third kappa shape index (κ3) is 4.93. The van der Waals surface area contributed by atoms with Crippen molar-refractivity contribution in [3.63, 3.8) is 0 Å². The fourth-order valence-electron chi connectivity index (χ4n) is 5.27. The highest BCUT2D eigenvalue weighted by Crippen LogP contribution is 2.40. The van der Waals surface area contributed by atoms with Gasteiger partial charge in [0.15, 0.2) is 5.60 Å². The summed E-state index contributed by atoms with van der Waals surface area (Å²) in [6.45, 7) is 10.3. The second-order valence-electron chi connectivity index (χ2n) is 10.9. The second-order valence-corrected chi connectivity index (χ2v) is 10.9. The van der Waals surface area contributed by atoms with E-state index in [0.29, 0.717) is 30.1 Å². The lowest BCUT2D eigenvalue weighted by molar-refractivity contribution is -0.132. The van der Waals surface area contributed by atoms with Gasteiger partial charge in [-0.3, -0.25) is 14.4 Å². The van der Waals surface area contributed by atoms with Crippen molar-refractivity contribution >= 4 is 23.4 Å². The maximum Gasteiger partial charge on any atom is 0.270 e. The number of hydrogen-bond acceptors (Lipinski definition) is 4. The Morgan fingerprint density at radius 3 is 2.44 bits per heavy atom. The van der Waals surface area contributed by atoms with Crippen molar-refractivity contribution in [1.82, 2.24) is 10.2 Å². The summed E-state index contributed by atoms with van der Waals surface area (Å²) < 4.78 is 6.07. The number of benzene rings is 1. The SMILES string of the molecule is Cc1cc2c(cc1C(=O)N(C(C)C)C1CCCCC1)N(CCNC(=O)C1CC1)C(=O)C(C)(C)O2. The van der Waals surface area contributed by atoms with Crippen LogP contribution in [0, 0.1) is 12.8 Å². The molecule has 186 valence electrons. The van der Waals surface area contributed by atoms with E-state index in [1.807, 2.05) is 24.0 Å². The fraction of sp³-hybridized carbons (Fsp3) is 0.667. The summed E-state index contributed by atoms with van der Waals surface area (Å²) in [5.74, 6) is 0.621. The molecule has 4 rings (SSSR count). The standard InChI is InChI=1S/C27H39N3O4/c1-17(2)30(20-9-7-6-8-10-20)25(32)21-16-22-23(15-18(21)3)34-27(4,5)26(33)29(22)14-13-28-24(31)19-11-12-19/h15-17,19-20H,6-14H2,1-5H3,(H,28,31). The topological polar surface area (TPSA) is 79.0 Å². The maximum atomic E-state index is 13.8. The molecular weight excluding hydrogens is 430 g/mol. The molecule has 1 heterocycles. The normalized spacial score (nSPS) is 20.1. The van der Waals surface area contributed by atoms with Gasteiger partial charge in [0.2, 0.25) is 5.91 Å². The zero-order valence-corrected chi connectivity index (χ0v) is 21.3. The van der Waals surface area contributed by atoms with Crippen LogP contribution in [0.4, 0.5) is 5.69 Å². The molecule has 0 bridgehead atoms. The number of rotatable bonds is 7. The molecule has 0 radical (unpaired) electrons. The zero-order chi connectivity index (χ0) is 24.6. The lowest BCUT2D eigenvalue weighted by atomic mass is 9.92. The molecular formula is C27H39N3O4. The minimum Gasteiger partial charge on any atom is -0.476 e. The Balaban J connectivity index is 1.63. The van der Waals surface area contributed by atoms with E-state index >= 15 is 0 Å². The van der Waals surface area contributed by atoms with E-state index in [2.05, 4.69) is 19.2 Å². The van der Waals surface area contributed by atoms with E-state index in [1.54, 1.807) is 18.7 Å². The van der Waals surface area contributed by atoms with Crippen LogP contribution in [0.15, 0.2) is 12.1 Å². The molecule has 1 aromatic carbocycles. The Labute approximate surface area is 203 Å². The van der Waals surface area contributed by atoms with Crippen LogP contribution in [0.3, 0.4) is 0 Å². The number of anilines is 1. The summed E-state index contributed by atoms with van der Waals surface area (Å²) in [6, 6.07) is 4.05. The maximum absolute atomic E-state index is 13.8. The van der Waals surface area contributed by atoms with Gasteiger partial charge >= 0.3 is 0 Å². The molecule has 7 heteroatoms. The van der Waals surface area contributed by atoms with Gasteiger partial charge in [0.1, 0.15) is 5.75 Å². The van der Waals surface area contributed by atoms with Gasteiger partial charge in [-0.05, 0) is 78.0 Å². The highest BCUT2D eigenvalue weighted by molar-refractivity contribution is 6.05. The quantitative estimate of drug-likeness (QED) is 0.649. The van der Waals surface area contributed by atoms with Gasteiger partial charge in [0, 0.05) is 36.7 Å². The predicted molar refractivity (Wildman–Crippen MR) is 132 cm³/mol. The monoisotopic (exact) mass is 469 g/mol. The molecule has 2 saturated carbocycles. The van der Waals surface area contributed by atoms with Crippen LogP contribution in [0.1, 0.15) is 88.6 Å². The third-order valence-corrected chi connectivity index (χ3v) is 7.29. The molecule has 0 saturated heterocycles. The number of amides is 3. The molecule has 3 amide bonds. The number of carbonyl (C=O) groups is 3. The minimum absolute atomic E-state index is 0.0152. The Kier molecular flexibility index (Phi) is 6.92.